The number of hydrogen-bond acceptors (Lipinski definition) is 3. The van der Waals surface area contributed by atoms with Crippen LogP contribution in [0.3, 0.4) is 0 Å². The summed E-state index contributed by atoms with van der Waals surface area (Å²) in [5.41, 5.74) is 8.64. The third kappa shape index (κ3) is 2.46. The Kier molecular flexibility index (Phi) is 3.21. The summed E-state index contributed by atoms with van der Waals surface area (Å²) in [4.78, 5) is 2.26. The Morgan fingerprint density at radius 3 is 2.84 bits per heavy atom. The number of piperidine rings is 1. The van der Waals surface area contributed by atoms with Crippen LogP contribution in [0.4, 0.5) is 10.1 Å². The van der Waals surface area contributed by atoms with Crippen LogP contribution in [0.25, 0.3) is 11.3 Å². The Labute approximate surface area is 111 Å². The molecule has 0 unspecified atom stereocenters. The fourth-order valence-corrected chi connectivity index (χ4v) is 2.52. The number of halogens is 1. The molecule has 0 saturated carbocycles. The van der Waals surface area contributed by atoms with E-state index in [2.05, 4.69) is 15.1 Å². The molecule has 100 valence electrons. The van der Waals surface area contributed by atoms with Gasteiger partial charge in [-0.3, -0.25) is 5.10 Å². The maximum atomic E-state index is 13.3. The Hall–Kier alpha value is -1.88. The highest BCUT2D eigenvalue weighted by molar-refractivity contribution is 5.74. The van der Waals surface area contributed by atoms with Crippen molar-refractivity contribution in [1.29, 1.82) is 0 Å². The molecule has 5 heteroatoms. The molecule has 1 fully saturated rings. The van der Waals surface area contributed by atoms with Gasteiger partial charge in [-0.1, -0.05) is 12.1 Å². The number of aromatic amines is 1. The minimum Gasteiger partial charge on any atom is -0.368 e. The van der Waals surface area contributed by atoms with Gasteiger partial charge in [0, 0.05) is 24.7 Å². The van der Waals surface area contributed by atoms with Crippen LogP contribution in [-0.2, 0) is 0 Å². The summed E-state index contributed by atoms with van der Waals surface area (Å²) >= 11 is 0. The topological polar surface area (TPSA) is 57.9 Å². The van der Waals surface area contributed by atoms with Crippen molar-refractivity contribution in [2.45, 2.75) is 18.9 Å². The Bertz CT molecular complexity index is 558. The van der Waals surface area contributed by atoms with E-state index in [4.69, 9.17) is 5.73 Å². The second kappa shape index (κ2) is 5.01. The molecule has 0 aliphatic carbocycles. The van der Waals surface area contributed by atoms with Gasteiger partial charge < -0.3 is 10.6 Å². The molecule has 0 radical (unpaired) electrons. The van der Waals surface area contributed by atoms with Gasteiger partial charge in [0.25, 0.3) is 0 Å². The summed E-state index contributed by atoms with van der Waals surface area (Å²) in [5, 5.41) is 7.07. The second-order valence-corrected chi connectivity index (χ2v) is 4.97. The molecule has 0 amide bonds. The average molecular weight is 260 g/mol. The fraction of sp³-hybridized carbons (Fsp3) is 0.357. The lowest BCUT2D eigenvalue weighted by Crippen LogP contribution is -2.39. The van der Waals surface area contributed by atoms with Gasteiger partial charge >= 0.3 is 0 Å². The highest BCUT2D eigenvalue weighted by atomic mass is 19.1. The lowest BCUT2D eigenvalue weighted by Gasteiger charge is -2.31. The molecule has 2 aromatic rings. The predicted octanol–water partition coefficient (Wildman–Crippen LogP) is 2.14. The molecule has 4 nitrogen and oxygen atoms in total. The Balaban J connectivity index is 1.90. The molecule has 1 aliphatic rings. The highest BCUT2D eigenvalue weighted by Gasteiger charge is 2.20. The first-order valence-corrected chi connectivity index (χ1v) is 6.54. The minimum atomic E-state index is -0.237. The summed E-state index contributed by atoms with van der Waals surface area (Å²) in [6.07, 6.45) is 3.76. The second-order valence-electron chi connectivity index (χ2n) is 4.97. The first-order valence-electron chi connectivity index (χ1n) is 6.54. The van der Waals surface area contributed by atoms with E-state index in [0.29, 0.717) is 6.04 Å². The van der Waals surface area contributed by atoms with Crippen LogP contribution in [0, 0.1) is 5.82 Å². The Morgan fingerprint density at radius 1 is 1.32 bits per heavy atom. The summed E-state index contributed by atoms with van der Waals surface area (Å²) in [7, 11) is 0. The molecule has 0 spiro atoms. The van der Waals surface area contributed by atoms with Crippen molar-refractivity contribution >= 4 is 5.69 Å². The van der Waals surface area contributed by atoms with Crippen molar-refractivity contribution in [2.75, 3.05) is 18.0 Å². The smallest absolute Gasteiger partial charge is 0.123 e. The molecular formula is C14H17FN4. The van der Waals surface area contributed by atoms with Gasteiger partial charge in [0.15, 0.2) is 0 Å². The van der Waals surface area contributed by atoms with Crippen molar-refractivity contribution in [2.24, 2.45) is 5.73 Å². The van der Waals surface area contributed by atoms with Gasteiger partial charge in [0.1, 0.15) is 5.82 Å². The SMILES string of the molecule is NC1CCN(c2cn[nH]c2-c2cccc(F)c2)CC1. The average Bonchev–Trinajstić information content (AvgIpc) is 2.89. The van der Waals surface area contributed by atoms with Crippen LogP contribution in [0.2, 0.25) is 0 Å². The van der Waals surface area contributed by atoms with Crippen molar-refractivity contribution < 1.29 is 4.39 Å². The summed E-state index contributed by atoms with van der Waals surface area (Å²) < 4.78 is 13.3. The van der Waals surface area contributed by atoms with Crippen LogP contribution < -0.4 is 10.6 Å². The molecular weight excluding hydrogens is 243 g/mol. The van der Waals surface area contributed by atoms with Gasteiger partial charge in [-0.2, -0.15) is 5.10 Å². The van der Waals surface area contributed by atoms with Crippen LogP contribution >= 0.6 is 0 Å². The van der Waals surface area contributed by atoms with Crippen LogP contribution in [-0.4, -0.2) is 29.3 Å². The third-order valence-corrected chi connectivity index (χ3v) is 3.61. The molecule has 1 saturated heterocycles. The largest absolute Gasteiger partial charge is 0.368 e. The van der Waals surface area contributed by atoms with Crippen molar-refractivity contribution in [3.63, 3.8) is 0 Å². The summed E-state index contributed by atoms with van der Waals surface area (Å²) in [5.74, 6) is -0.237. The van der Waals surface area contributed by atoms with E-state index < -0.39 is 0 Å². The maximum Gasteiger partial charge on any atom is 0.123 e. The zero-order valence-corrected chi connectivity index (χ0v) is 10.6. The van der Waals surface area contributed by atoms with Crippen LogP contribution in [0.5, 0.6) is 0 Å². The summed E-state index contributed by atoms with van der Waals surface area (Å²) in [6, 6.07) is 6.85. The normalized spacial score (nSPS) is 16.8. The fourth-order valence-electron chi connectivity index (χ4n) is 2.52. The van der Waals surface area contributed by atoms with Crippen molar-refractivity contribution in [3.8, 4) is 11.3 Å². The van der Waals surface area contributed by atoms with Crippen molar-refractivity contribution in [3.05, 3.63) is 36.3 Å². The number of H-pyrrole nitrogens is 1. The monoisotopic (exact) mass is 260 g/mol. The number of hydrogen-bond donors (Lipinski definition) is 2. The number of rotatable bonds is 2. The van der Waals surface area contributed by atoms with E-state index in [-0.39, 0.29) is 5.82 Å². The van der Waals surface area contributed by atoms with E-state index in [1.165, 1.54) is 12.1 Å². The lowest BCUT2D eigenvalue weighted by molar-refractivity contribution is 0.501. The number of benzene rings is 1. The van der Waals surface area contributed by atoms with E-state index >= 15 is 0 Å². The number of aromatic nitrogens is 2. The standard InChI is InChI=1S/C14H17FN4/c15-11-3-1-2-10(8-11)14-13(9-17-18-14)19-6-4-12(16)5-7-19/h1-3,8-9,12H,4-7,16H2,(H,17,18). The maximum absolute atomic E-state index is 13.3. The lowest BCUT2D eigenvalue weighted by atomic mass is 10.0. The van der Waals surface area contributed by atoms with E-state index in [1.807, 2.05) is 6.07 Å². The quantitative estimate of drug-likeness (QED) is 0.869. The molecule has 19 heavy (non-hydrogen) atoms. The molecule has 0 bridgehead atoms. The molecule has 1 aromatic carbocycles. The minimum absolute atomic E-state index is 0.237. The van der Waals surface area contributed by atoms with Crippen LogP contribution in [0.1, 0.15) is 12.8 Å². The zero-order chi connectivity index (χ0) is 13.2. The van der Waals surface area contributed by atoms with Crippen LogP contribution in [0.15, 0.2) is 30.5 Å². The molecule has 2 heterocycles. The zero-order valence-electron chi connectivity index (χ0n) is 10.6. The number of nitrogens with one attached hydrogen (secondary N) is 1. The number of anilines is 1. The predicted molar refractivity (Wildman–Crippen MR) is 73.4 cm³/mol. The highest BCUT2D eigenvalue weighted by Crippen LogP contribution is 2.30. The van der Waals surface area contributed by atoms with Gasteiger partial charge in [-0.25, -0.2) is 4.39 Å². The van der Waals surface area contributed by atoms with Crippen molar-refractivity contribution in [1.82, 2.24) is 10.2 Å². The number of nitrogens with two attached hydrogens (primary N) is 1. The van der Waals surface area contributed by atoms with E-state index in [1.54, 1.807) is 12.3 Å². The Morgan fingerprint density at radius 2 is 2.11 bits per heavy atom. The molecule has 3 rings (SSSR count). The first-order chi connectivity index (χ1) is 9.24. The molecule has 1 aromatic heterocycles. The van der Waals surface area contributed by atoms with Gasteiger partial charge in [0.2, 0.25) is 0 Å². The third-order valence-electron chi connectivity index (χ3n) is 3.61. The van der Waals surface area contributed by atoms with E-state index in [0.717, 1.165) is 42.9 Å². The summed E-state index contributed by atoms with van der Waals surface area (Å²) in [6.45, 7) is 1.84. The molecule has 1 aliphatic heterocycles. The van der Waals surface area contributed by atoms with E-state index in [9.17, 15) is 4.39 Å². The molecule has 3 N–H and O–H groups in total. The molecule has 0 atom stereocenters. The van der Waals surface area contributed by atoms with Gasteiger partial charge in [0.05, 0.1) is 17.6 Å². The van der Waals surface area contributed by atoms with Gasteiger partial charge in [-0.05, 0) is 25.0 Å². The first kappa shape index (κ1) is 12.2. The van der Waals surface area contributed by atoms with Gasteiger partial charge in [-0.15, -0.1) is 0 Å². The number of nitrogens with zero attached hydrogens (tertiary/aromatic N) is 2.